The molecule has 76 valence electrons. The summed E-state index contributed by atoms with van der Waals surface area (Å²) in [6.07, 6.45) is 0.747. The number of rotatable bonds is 2. The number of aliphatic hydroxyl groups is 1. The Morgan fingerprint density at radius 2 is 2.31 bits per heavy atom. The van der Waals surface area contributed by atoms with Crippen molar-refractivity contribution < 1.29 is 19.4 Å². The van der Waals surface area contributed by atoms with Crippen LogP contribution in [0.3, 0.4) is 0 Å². The van der Waals surface area contributed by atoms with Crippen molar-refractivity contribution in [3.8, 4) is 0 Å². The predicted octanol–water partition coefficient (Wildman–Crippen LogP) is 0.478. The highest BCUT2D eigenvalue weighted by Crippen LogP contribution is 2.15. The maximum absolute atomic E-state index is 11.0. The smallest absolute Gasteiger partial charge is 0.335 e. The largest absolute Gasteiger partial charge is 0.458 e. The Balaban J connectivity index is 2.26. The van der Waals surface area contributed by atoms with Gasteiger partial charge in [0, 0.05) is 0 Å². The van der Waals surface area contributed by atoms with Gasteiger partial charge in [-0.2, -0.15) is 0 Å². The van der Waals surface area contributed by atoms with E-state index in [0.29, 0.717) is 6.61 Å². The predicted molar refractivity (Wildman–Crippen MR) is 46.2 cm³/mol. The van der Waals surface area contributed by atoms with Crippen molar-refractivity contribution in [2.24, 2.45) is 0 Å². The van der Waals surface area contributed by atoms with Crippen molar-refractivity contribution in [2.75, 3.05) is 6.61 Å². The first-order chi connectivity index (χ1) is 6.09. The Morgan fingerprint density at radius 1 is 1.62 bits per heavy atom. The van der Waals surface area contributed by atoms with Gasteiger partial charge in [-0.3, -0.25) is 0 Å². The number of carbonyl (C=O) groups excluding carboxylic acids is 1. The SMILES string of the molecule is CC1CCC(OC(=O)[C@H](C)O)CO1. The third-order valence-corrected chi connectivity index (χ3v) is 2.09. The van der Waals surface area contributed by atoms with Crippen LogP contribution in [0.25, 0.3) is 0 Å². The molecule has 4 heteroatoms. The third kappa shape index (κ3) is 3.32. The molecule has 0 aromatic heterocycles. The van der Waals surface area contributed by atoms with Crippen LogP contribution in [0.2, 0.25) is 0 Å². The van der Waals surface area contributed by atoms with Crippen molar-refractivity contribution in [1.29, 1.82) is 0 Å². The van der Waals surface area contributed by atoms with Gasteiger partial charge in [0.05, 0.1) is 12.7 Å². The van der Waals surface area contributed by atoms with Gasteiger partial charge in [0.15, 0.2) is 0 Å². The van der Waals surface area contributed by atoms with E-state index >= 15 is 0 Å². The summed E-state index contributed by atoms with van der Waals surface area (Å²) in [6, 6.07) is 0. The summed E-state index contributed by atoms with van der Waals surface area (Å²) in [5.41, 5.74) is 0. The number of aliphatic hydroxyl groups excluding tert-OH is 1. The van der Waals surface area contributed by atoms with Crippen LogP contribution in [0.1, 0.15) is 26.7 Å². The van der Waals surface area contributed by atoms with Gasteiger partial charge < -0.3 is 14.6 Å². The van der Waals surface area contributed by atoms with Crippen molar-refractivity contribution in [1.82, 2.24) is 0 Å². The third-order valence-electron chi connectivity index (χ3n) is 2.09. The zero-order valence-electron chi connectivity index (χ0n) is 8.03. The van der Waals surface area contributed by atoms with E-state index in [0.717, 1.165) is 12.8 Å². The molecule has 1 aliphatic rings. The van der Waals surface area contributed by atoms with Gasteiger partial charge in [-0.05, 0) is 26.7 Å². The van der Waals surface area contributed by atoms with Crippen LogP contribution >= 0.6 is 0 Å². The Labute approximate surface area is 77.8 Å². The molecule has 1 fully saturated rings. The fourth-order valence-electron chi connectivity index (χ4n) is 1.21. The van der Waals surface area contributed by atoms with Crippen LogP contribution in [-0.4, -0.2) is 36.0 Å². The Bertz CT molecular complexity index is 170. The zero-order chi connectivity index (χ0) is 9.84. The van der Waals surface area contributed by atoms with Crippen molar-refractivity contribution in [3.05, 3.63) is 0 Å². The summed E-state index contributed by atoms with van der Waals surface area (Å²) in [7, 11) is 0. The average Bonchev–Trinajstić information content (AvgIpc) is 2.08. The van der Waals surface area contributed by atoms with Crippen molar-refractivity contribution in [3.63, 3.8) is 0 Å². The van der Waals surface area contributed by atoms with Gasteiger partial charge >= 0.3 is 5.97 Å². The number of hydrogen-bond acceptors (Lipinski definition) is 4. The molecule has 1 heterocycles. The number of hydrogen-bond donors (Lipinski definition) is 1. The lowest BCUT2D eigenvalue weighted by Gasteiger charge is -2.26. The summed E-state index contributed by atoms with van der Waals surface area (Å²) >= 11 is 0. The standard InChI is InChI=1S/C9H16O4/c1-6-3-4-8(5-12-6)13-9(11)7(2)10/h6-8,10H,3-5H2,1-2H3/t6?,7-,8?/m0/s1. The Hall–Kier alpha value is -0.610. The lowest BCUT2D eigenvalue weighted by atomic mass is 10.1. The second-order valence-corrected chi connectivity index (χ2v) is 3.46. The van der Waals surface area contributed by atoms with Crippen LogP contribution in [0, 0.1) is 0 Å². The second kappa shape index (κ2) is 4.58. The fraction of sp³-hybridized carbons (Fsp3) is 0.889. The molecule has 1 rings (SSSR count). The minimum Gasteiger partial charge on any atom is -0.458 e. The zero-order valence-corrected chi connectivity index (χ0v) is 8.03. The van der Waals surface area contributed by atoms with Gasteiger partial charge in [-0.15, -0.1) is 0 Å². The molecule has 13 heavy (non-hydrogen) atoms. The minimum absolute atomic E-state index is 0.182. The highest BCUT2D eigenvalue weighted by atomic mass is 16.6. The van der Waals surface area contributed by atoms with Crippen LogP contribution < -0.4 is 0 Å². The lowest BCUT2D eigenvalue weighted by Crippen LogP contribution is -2.34. The Kier molecular flexibility index (Phi) is 3.69. The second-order valence-electron chi connectivity index (χ2n) is 3.46. The minimum atomic E-state index is -1.04. The molecule has 0 bridgehead atoms. The molecule has 0 radical (unpaired) electrons. The van der Waals surface area contributed by atoms with Gasteiger partial charge in [-0.1, -0.05) is 0 Å². The van der Waals surface area contributed by atoms with Gasteiger partial charge in [0.1, 0.15) is 12.2 Å². The van der Waals surface area contributed by atoms with Crippen LogP contribution in [-0.2, 0) is 14.3 Å². The first-order valence-electron chi connectivity index (χ1n) is 4.59. The Morgan fingerprint density at radius 3 is 2.77 bits per heavy atom. The molecule has 0 spiro atoms. The topological polar surface area (TPSA) is 55.8 Å². The molecule has 0 aromatic carbocycles. The molecule has 0 aromatic rings. The van der Waals surface area contributed by atoms with E-state index < -0.39 is 12.1 Å². The molecule has 1 saturated heterocycles. The summed E-state index contributed by atoms with van der Waals surface area (Å²) in [5.74, 6) is -0.567. The van der Waals surface area contributed by atoms with Gasteiger partial charge in [-0.25, -0.2) is 4.79 Å². The summed E-state index contributed by atoms with van der Waals surface area (Å²) in [6.45, 7) is 3.83. The van der Waals surface area contributed by atoms with E-state index in [1.165, 1.54) is 6.92 Å². The van der Waals surface area contributed by atoms with Crippen LogP contribution in [0.5, 0.6) is 0 Å². The quantitative estimate of drug-likeness (QED) is 0.640. The van der Waals surface area contributed by atoms with E-state index in [2.05, 4.69) is 0 Å². The molecule has 3 atom stereocenters. The van der Waals surface area contributed by atoms with E-state index in [9.17, 15) is 4.79 Å². The highest BCUT2D eigenvalue weighted by molar-refractivity contribution is 5.73. The molecular weight excluding hydrogens is 172 g/mol. The molecule has 0 amide bonds. The summed E-state index contributed by atoms with van der Waals surface area (Å²) in [5, 5.41) is 8.89. The first kappa shape index (κ1) is 10.5. The molecule has 1 N–H and O–H groups in total. The van der Waals surface area contributed by atoms with Crippen molar-refractivity contribution in [2.45, 2.75) is 45.0 Å². The molecule has 4 nitrogen and oxygen atoms in total. The van der Waals surface area contributed by atoms with Gasteiger partial charge in [0.2, 0.25) is 0 Å². The average molecular weight is 188 g/mol. The van der Waals surface area contributed by atoms with Crippen LogP contribution in [0.4, 0.5) is 0 Å². The highest BCUT2D eigenvalue weighted by Gasteiger charge is 2.23. The molecule has 1 aliphatic heterocycles. The maximum atomic E-state index is 11.0. The molecule has 0 saturated carbocycles. The van der Waals surface area contributed by atoms with Gasteiger partial charge in [0.25, 0.3) is 0 Å². The fourth-order valence-corrected chi connectivity index (χ4v) is 1.21. The van der Waals surface area contributed by atoms with E-state index in [-0.39, 0.29) is 12.2 Å². The first-order valence-corrected chi connectivity index (χ1v) is 4.59. The van der Waals surface area contributed by atoms with Crippen LogP contribution in [0.15, 0.2) is 0 Å². The van der Waals surface area contributed by atoms with E-state index in [1.54, 1.807) is 0 Å². The monoisotopic (exact) mass is 188 g/mol. The normalized spacial score (nSPS) is 31.0. The number of esters is 1. The lowest BCUT2D eigenvalue weighted by molar-refractivity contribution is -0.166. The molecular formula is C9H16O4. The van der Waals surface area contributed by atoms with Crippen molar-refractivity contribution >= 4 is 5.97 Å². The number of ether oxygens (including phenoxy) is 2. The number of carbonyl (C=O) groups is 1. The maximum Gasteiger partial charge on any atom is 0.335 e. The summed E-state index contributed by atoms with van der Waals surface area (Å²) < 4.78 is 10.3. The van der Waals surface area contributed by atoms with E-state index in [4.69, 9.17) is 14.6 Å². The molecule has 2 unspecified atom stereocenters. The molecule has 0 aliphatic carbocycles. The summed E-state index contributed by atoms with van der Waals surface area (Å²) in [4.78, 5) is 11.0. The van der Waals surface area contributed by atoms with E-state index in [1.807, 2.05) is 6.92 Å².